The van der Waals surface area contributed by atoms with Crippen molar-refractivity contribution in [2.75, 3.05) is 0 Å². The van der Waals surface area contributed by atoms with Crippen LogP contribution in [0.1, 0.15) is 16.7 Å². The molecule has 0 atom stereocenters. The monoisotopic (exact) mass is 757 g/mol. The summed E-state index contributed by atoms with van der Waals surface area (Å²) < 4.78 is 8.83. The average Bonchev–Trinajstić information content (AvgIpc) is 3.82. The lowest BCUT2D eigenvalue weighted by molar-refractivity contribution is 0.669. The number of para-hydroxylation sites is 2. The number of hydrogen-bond donors (Lipinski definition) is 0. The fourth-order valence-electron chi connectivity index (χ4n) is 8.52. The summed E-state index contributed by atoms with van der Waals surface area (Å²) in [5.41, 5.74) is 18.9. The van der Waals surface area contributed by atoms with Gasteiger partial charge in [0.1, 0.15) is 11.2 Å². The van der Waals surface area contributed by atoms with Crippen molar-refractivity contribution in [2.24, 2.45) is 0 Å². The molecule has 11 rings (SSSR count). The van der Waals surface area contributed by atoms with Crippen LogP contribution in [0.25, 0.3) is 93.9 Å². The SMILES string of the molecule is Cc1ccccc1.Cc1ccccc1-c1cc(-c2ccc3oc4cc(-c5cccc(-c6ccc7c(c6)c6ccccc6n7-c6ccccc6)c5)ccc4c3c2)ccc1C. The molecule has 0 N–H and O–H groups in total. The second-order valence-electron chi connectivity index (χ2n) is 15.5. The van der Waals surface area contributed by atoms with E-state index in [1.54, 1.807) is 0 Å². The number of rotatable bonds is 5. The molecule has 0 fully saturated rings. The lowest BCUT2D eigenvalue weighted by atomic mass is 9.92. The molecule has 0 aliphatic heterocycles. The molecule has 2 heterocycles. The zero-order valence-electron chi connectivity index (χ0n) is 33.5. The highest BCUT2D eigenvalue weighted by atomic mass is 16.3. The Balaban J connectivity index is 0.000000547. The molecule has 0 aliphatic rings. The second kappa shape index (κ2) is 15.2. The maximum Gasteiger partial charge on any atom is 0.136 e. The van der Waals surface area contributed by atoms with Crippen LogP contribution in [0.5, 0.6) is 0 Å². The van der Waals surface area contributed by atoms with E-state index in [0.29, 0.717) is 0 Å². The number of aromatic nitrogens is 1. The molecule has 0 bridgehead atoms. The first-order chi connectivity index (χ1) is 29.0. The topological polar surface area (TPSA) is 18.1 Å². The maximum atomic E-state index is 6.47. The minimum Gasteiger partial charge on any atom is -0.456 e. The Morgan fingerprint density at radius 1 is 0.322 bits per heavy atom. The van der Waals surface area contributed by atoms with Crippen molar-refractivity contribution in [3.63, 3.8) is 0 Å². The van der Waals surface area contributed by atoms with E-state index in [-0.39, 0.29) is 0 Å². The summed E-state index contributed by atoms with van der Waals surface area (Å²) in [6.45, 7) is 6.46. The van der Waals surface area contributed by atoms with Crippen molar-refractivity contribution < 1.29 is 4.42 Å². The normalized spacial score (nSPS) is 11.3. The number of benzene rings is 9. The van der Waals surface area contributed by atoms with Crippen molar-refractivity contribution in [1.29, 1.82) is 0 Å². The Hall–Kier alpha value is -7.42. The average molecular weight is 758 g/mol. The predicted octanol–water partition coefficient (Wildman–Crippen LogP) is 16.0. The van der Waals surface area contributed by atoms with E-state index < -0.39 is 0 Å². The van der Waals surface area contributed by atoms with Crippen LogP contribution >= 0.6 is 0 Å². The molecule has 2 heteroatoms. The first kappa shape index (κ1) is 36.0. The lowest BCUT2D eigenvalue weighted by Crippen LogP contribution is -1.92. The molecule has 0 unspecified atom stereocenters. The fraction of sp³-hybridized carbons (Fsp3) is 0.0526. The highest BCUT2D eigenvalue weighted by molar-refractivity contribution is 6.11. The first-order valence-electron chi connectivity index (χ1n) is 20.3. The summed E-state index contributed by atoms with van der Waals surface area (Å²) in [6, 6.07) is 73.9. The van der Waals surface area contributed by atoms with Crippen LogP contribution in [-0.2, 0) is 0 Å². The van der Waals surface area contributed by atoms with Gasteiger partial charge in [-0.3, -0.25) is 0 Å². The third-order valence-corrected chi connectivity index (χ3v) is 11.6. The summed E-state index contributed by atoms with van der Waals surface area (Å²) in [5.74, 6) is 0. The van der Waals surface area contributed by atoms with Gasteiger partial charge in [-0.25, -0.2) is 0 Å². The summed E-state index contributed by atoms with van der Waals surface area (Å²) >= 11 is 0. The summed E-state index contributed by atoms with van der Waals surface area (Å²) in [5, 5.41) is 4.77. The maximum absolute atomic E-state index is 6.47. The van der Waals surface area contributed by atoms with Crippen molar-refractivity contribution in [2.45, 2.75) is 20.8 Å². The molecule has 9 aromatic carbocycles. The minimum absolute atomic E-state index is 0.898. The Morgan fingerprint density at radius 2 is 0.898 bits per heavy atom. The zero-order valence-corrected chi connectivity index (χ0v) is 33.5. The van der Waals surface area contributed by atoms with E-state index in [1.165, 1.54) is 77.6 Å². The highest BCUT2D eigenvalue weighted by Gasteiger charge is 2.15. The summed E-state index contributed by atoms with van der Waals surface area (Å²) in [4.78, 5) is 0. The number of nitrogens with zero attached hydrogens (tertiary/aromatic N) is 1. The fourth-order valence-corrected chi connectivity index (χ4v) is 8.52. The van der Waals surface area contributed by atoms with Crippen molar-refractivity contribution in [1.82, 2.24) is 4.57 Å². The standard InChI is InChI=1S/C50H35NO.C7H8/c1-32-11-6-7-16-41(32)44-28-36(20-19-33(44)2)38-23-26-49-46(30-38)43-24-21-39(31-50(43)52-49)35-13-10-12-34(27-35)37-22-25-48-45(29-37)42-17-8-9-18-47(42)51(48)40-14-4-3-5-15-40;1-7-5-3-2-4-6-7/h3-31H,1-2H3;2-6H,1H3. The Morgan fingerprint density at radius 3 is 1.66 bits per heavy atom. The van der Waals surface area contributed by atoms with Crippen LogP contribution in [0.3, 0.4) is 0 Å². The van der Waals surface area contributed by atoms with Gasteiger partial charge in [-0.15, -0.1) is 0 Å². The molecule has 59 heavy (non-hydrogen) atoms. The van der Waals surface area contributed by atoms with E-state index >= 15 is 0 Å². The molecule has 2 aromatic heterocycles. The minimum atomic E-state index is 0.898. The van der Waals surface area contributed by atoms with E-state index in [0.717, 1.165) is 33.1 Å². The zero-order chi connectivity index (χ0) is 39.9. The third-order valence-electron chi connectivity index (χ3n) is 11.6. The number of fused-ring (bicyclic) bond motifs is 6. The van der Waals surface area contributed by atoms with Gasteiger partial charge in [0.25, 0.3) is 0 Å². The smallest absolute Gasteiger partial charge is 0.136 e. The predicted molar refractivity (Wildman–Crippen MR) is 250 cm³/mol. The molecule has 282 valence electrons. The van der Waals surface area contributed by atoms with Gasteiger partial charge in [-0.1, -0.05) is 145 Å². The van der Waals surface area contributed by atoms with Gasteiger partial charge in [0.2, 0.25) is 0 Å². The molecule has 0 saturated carbocycles. The molecule has 2 nitrogen and oxygen atoms in total. The van der Waals surface area contributed by atoms with E-state index in [1.807, 2.05) is 18.2 Å². The second-order valence-corrected chi connectivity index (χ2v) is 15.5. The molecule has 11 aromatic rings. The Kier molecular flexibility index (Phi) is 9.24. The summed E-state index contributed by atoms with van der Waals surface area (Å²) in [7, 11) is 0. The molecular weight excluding hydrogens is 715 g/mol. The van der Waals surface area contributed by atoms with Crippen LogP contribution in [0, 0.1) is 20.8 Å². The van der Waals surface area contributed by atoms with Gasteiger partial charge < -0.3 is 8.98 Å². The van der Waals surface area contributed by atoms with Gasteiger partial charge in [-0.05, 0) is 143 Å². The van der Waals surface area contributed by atoms with E-state index in [4.69, 9.17) is 4.42 Å². The molecule has 0 amide bonds. The van der Waals surface area contributed by atoms with Gasteiger partial charge in [-0.2, -0.15) is 0 Å². The first-order valence-corrected chi connectivity index (χ1v) is 20.3. The highest BCUT2D eigenvalue weighted by Crippen LogP contribution is 2.39. The Labute approximate surface area is 345 Å². The van der Waals surface area contributed by atoms with Crippen molar-refractivity contribution in [3.8, 4) is 50.2 Å². The molecular formula is C57H43NO. The molecule has 0 radical (unpaired) electrons. The molecule has 0 spiro atoms. The number of aryl methyl sites for hydroxylation is 3. The van der Waals surface area contributed by atoms with Crippen molar-refractivity contribution in [3.05, 3.63) is 223 Å². The van der Waals surface area contributed by atoms with Crippen LogP contribution in [0.2, 0.25) is 0 Å². The van der Waals surface area contributed by atoms with Crippen LogP contribution < -0.4 is 0 Å². The third kappa shape index (κ3) is 6.79. The van der Waals surface area contributed by atoms with Gasteiger partial charge in [0, 0.05) is 27.2 Å². The van der Waals surface area contributed by atoms with E-state index in [9.17, 15) is 0 Å². The summed E-state index contributed by atoms with van der Waals surface area (Å²) in [6.07, 6.45) is 0. The molecule has 0 saturated heterocycles. The van der Waals surface area contributed by atoms with Crippen molar-refractivity contribution >= 4 is 43.7 Å². The number of hydrogen-bond acceptors (Lipinski definition) is 1. The van der Waals surface area contributed by atoms with Crippen LogP contribution in [0.15, 0.2) is 211 Å². The van der Waals surface area contributed by atoms with Gasteiger partial charge in [0.15, 0.2) is 0 Å². The van der Waals surface area contributed by atoms with Crippen LogP contribution in [-0.4, -0.2) is 4.57 Å². The van der Waals surface area contributed by atoms with Crippen LogP contribution in [0.4, 0.5) is 0 Å². The van der Waals surface area contributed by atoms with E-state index in [2.05, 4.69) is 213 Å². The Bertz CT molecular complexity index is 3290. The molecule has 0 aliphatic carbocycles. The quantitative estimate of drug-likeness (QED) is 0.171. The van der Waals surface area contributed by atoms with Gasteiger partial charge in [0.05, 0.1) is 11.0 Å². The van der Waals surface area contributed by atoms with Gasteiger partial charge >= 0.3 is 0 Å². The lowest BCUT2D eigenvalue weighted by Gasteiger charge is -2.12. The number of furan rings is 1. The largest absolute Gasteiger partial charge is 0.456 e.